The summed E-state index contributed by atoms with van der Waals surface area (Å²) in [5, 5.41) is 2.50. The molecule has 2 aliphatic heterocycles. The number of hydrogen-bond acceptors (Lipinski definition) is 6. The van der Waals surface area contributed by atoms with Crippen LogP contribution in [-0.2, 0) is 20.8 Å². The van der Waals surface area contributed by atoms with Crippen LogP contribution in [0.4, 0.5) is 13.2 Å². The molecule has 3 aliphatic rings. The number of rotatable bonds is 5. The molecule has 1 aromatic rings. The zero-order valence-electron chi connectivity index (χ0n) is 17.4. The Balaban J connectivity index is 1.69. The molecule has 1 N–H and O–H groups in total. The number of nitrogens with one attached hydrogen (secondary N) is 1. The summed E-state index contributed by atoms with van der Waals surface area (Å²) in [4.78, 5) is 5.49. The second-order valence-electron chi connectivity index (χ2n) is 9.33. The minimum Gasteiger partial charge on any atom is -0.380 e. The first-order valence-electron chi connectivity index (χ1n) is 10.2. The summed E-state index contributed by atoms with van der Waals surface area (Å²) in [5.74, 6) is 0.188. The normalized spacial score (nSPS) is 31.5. The number of alkyl halides is 3. The van der Waals surface area contributed by atoms with Crippen LogP contribution < -0.4 is 5.32 Å². The number of hydrogen-bond donors (Lipinski definition) is 1. The van der Waals surface area contributed by atoms with E-state index in [1.807, 2.05) is 11.9 Å². The van der Waals surface area contributed by atoms with Gasteiger partial charge in [-0.25, -0.2) is 13.4 Å². The molecule has 4 atom stereocenters. The molecule has 1 saturated carbocycles. The van der Waals surface area contributed by atoms with Gasteiger partial charge >= 0.3 is 6.18 Å². The largest absolute Gasteiger partial charge is 0.433 e. The molecule has 4 rings (SSSR count). The Labute approximate surface area is 175 Å². The highest BCUT2D eigenvalue weighted by molar-refractivity contribution is 7.92. The van der Waals surface area contributed by atoms with Crippen molar-refractivity contribution < 1.29 is 26.3 Å². The molecule has 30 heavy (non-hydrogen) atoms. The maximum absolute atomic E-state index is 13.7. The Hall–Kier alpha value is -1.23. The molecule has 10 heteroatoms. The van der Waals surface area contributed by atoms with E-state index in [2.05, 4.69) is 17.2 Å². The summed E-state index contributed by atoms with van der Waals surface area (Å²) >= 11 is 0. The van der Waals surface area contributed by atoms with Crippen LogP contribution in [0.1, 0.15) is 31.2 Å². The van der Waals surface area contributed by atoms with Crippen LogP contribution in [0.25, 0.3) is 0 Å². The number of sulfone groups is 1. The van der Waals surface area contributed by atoms with Gasteiger partial charge in [0.15, 0.2) is 9.84 Å². The van der Waals surface area contributed by atoms with Crippen molar-refractivity contribution in [3.05, 3.63) is 23.5 Å². The molecule has 0 radical (unpaired) electrons. The van der Waals surface area contributed by atoms with Gasteiger partial charge in [0, 0.05) is 24.5 Å². The zero-order valence-corrected chi connectivity index (χ0v) is 18.2. The molecule has 1 aliphatic carbocycles. The van der Waals surface area contributed by atoms with Crippen LogP contribution >= 0.6 is 0 Å². The average Bonchev–Trinajstić information content (AvgIpc) is 3.15. The minimum absolute atomic E-state index is 0.0567. The SMILES string of the molecule is CN[C@H]1C[C@@H]2CN(CC3(C)COC3)[C@@H](S(=O)(=O)c3ccc(C(F)(F)F)nc3C)[C@H]2C1. The summed E-state index contributed by atoms with van der Waals surface area (Å²) in [6, 6.07) is 2.10. The van der Waals surface area contributed by atoms with Crippen LogP contribution in [-0.4, -0.2) is 63.1 Å². The van der Waals surface area contributed by atoms with E-state index in [0.717, 1.165) is 25.0 Å². The highest BCUT2D eigenvalue weighted by Gasteiger charge is 2.54. The lowest BCUT2D eigenvalue weighted by molar-refractivity contribution is -0.141. The fourth-order valence-corrected chi connectivity index (χ4v) is 7.70. The maximum Gasteiger partial charge on any atom is 0.433 e. The number of nitrogens with zero attached hydrogens (tertiary/aromatic N) is 2. The number of fused-ring (bicyclic) bond motifs is 1. The lowest BCUT2D eigenvalue weighted by Gasteiger charge is -2.42. The molecular weight excluding hydrogens is 419 g/mol. The predicted octanol–water partition coefficient (Wildman–Crippen LogP) is 2.47. The van der Waals surface area contributed by atoms with Crippen molar-refractivity contribution in [2.24, 2.45) is 17.3 Å². The smallest absolute Gasteiger partial charge is 0.380 e. The monoisotopic (exact) mass is 447 g/mol. The van der Waals surface area contributed by atoms with Gasteiger partial charge in [0.2, 0.25) is 0 Å². The quantitative estimate of drug-likeness (QED) is 0.748. The van der Waals surface area contributed by atoms with Gasteiger partial charge in [-0.1, -0.05) is 6.92 Å². The molecule has 0 aromatic carbocycles. The molecule has 3 fully saturated rings. The molecule has 0 spiro atoms. The van der Waals surface area contributed by atoms with E-state index in [1.165, 1.54) is 6.92 Å². The molecule has 2 saturated heterocycles. The Morgan fingerprint density at radius 3 is 2.53 bits per heavy atom. The summed E-state index contributed by atoms with van der Waals surface area (Å²) in [7, 11) is -2.02. The topological polar surface area (TPSA) is 71.5 Å². The Morgan fingerprint density at radius 1 is 1.30 bits per heavy atom. The lowest BCUT2D eigenvalue weighted by atomic mass is 9.88. The number of pyridine rings is 1. The molecule has 0 unspecified atom stereocenters. The van der Waals surface area contributed by atoms with Crippen LogP contribution in [0.3, 0.4) is 0 Å². The van der Waals surface area contributed by atoms with Gasteiger partial charge in [0.1, 0.15) is 11.1 Å². The first-order valence-corrected chi connectivity index (χ1v) is 11.8. The molecule has 1 aromatic heterocycles. The van der Waals surface area contributed by atoms with Crippen molar-refractivity contribution in [2.45, 2.75) is 49.2 Å². The van der Waals surface area contributed by atoms with Gasteiger partial charge in [-0.15, -0.1) is 0 Å². The van der Waals surface area contributed by atoms with E-state index in [1.54, 1.807) is 0 Å². The van der Waals surface area contributed by atoms with Crippen molar-refractivity contribution in [3.63, 3.8) is 0 Å². The Kier molecular flexibility index (Phi) is 5.44. The van der Waals surface area contributed by atoms with E-state index in [-0.39, 0.29) is 33.9 Å². The molecular formula is C20H28F3N3O3S. The summed E-state index contributed by atoms with van der Waals surface area (Å²) in [6.07, 6.45) is -2.97. The predicted molar refractivity (Wildman–Crippen MR) is 105 cm³/mol. The second-order valence-corrected chi connectivity index (χ2v) is 11.3. The highest BCUT2D eigenvalue weighted by atomic mass is 32.2. The van der Waals surface area contributed by atoms with E-state index >= 15 is 0 Å². The third-order valence-corrected chi connectivity index (χ3v) is 9.12. The fraction of sp³-hybridized carbons (Fsp3) is 0.750. The maximum atomic E-state index is 13.7. The van der Waals surface area contributed by atoms with E-state index < -0.39 is 27.1 Å². The third kappa shape index (κ3) is 3.76. The van der Waals surface area contributed by atoms with Crippen molar-refractivity contribution >= 4 is 9.84 Å². The van der Waals surface area contributed by atoms with Crippen molar-refractivity contribution in [1.82, 2.24) is 15.2 Å². The van der Waals surface area contributed by atoms with Gasteiger partial charge in [-0.3, -0.25) is 4.90 Å². The fourth-order valence-electron chi connectivity index (χ4n) is 5.38. The molecule has 0 bridgehead atoms. The van der Waals surface area contributed by atoms with Gasteiger partial charge in [0.25, 0.3) is 0 Å². The van der Waals surface area contributed by atoms with Crippen molar-refractivity contribution in [3.8, 4) is 0 Å². The van der Waals surface area contributed by atoms with Crippen LogP contribution in [0.5, 0.6) is 0 Å². The van der Waals surface area contributed by atoms with Crippen LogP contribution in [0.2, 0.25) is 0 Å². The van der Waals surface area contributed by atoms with Crippen LogP contribution in [0.15, 0.2) is 17.0 Å². The number of ether oxygens (including phenoxy) is 1. The molecule has 168 valence electrons. The molecule has 0 amide bonds. The molecule has 6 nitrogen and oxygen atoms in total. The van der Waals surface area contributed by atoms with Gasteiger partial charge in [-0.2, -0.15) is 13.2 Å². The number of halogens is 3. The highest BCUT2D eigenvalue weighted by Crippen LogP contribution is 2.47. The summed E-state index contributed by atoms with van der Waals surface area (Å²) < 4.78 is 71.9. The molecule has 3 heterocycles. The first kappa shape index (κ1) is 22.0. The third-order valence-electron chi connectivity index (χ3n) is 6.79. The van der Waals surface area contributed by atoms with E-state index in [9.17, 15) is 21.6 Å². The van der Waals surface area contributed by atoms with Gasteiger partial charge < -0.3 is 10.1 Å². The first-order chi connectivity index (χ1) is 13.9. The average molecular weight is 448 g/mol. The number of aryl methyl sites for hydroxylation is 1. The van der Waals surface area contributed by atoms with E-state index in [0.29, 0.717) is 26.3 Å². The number of aromatic nitrogens is 1. The standard InChI is InChI=1S/C20H28F3N3O3S/c1-12-16(4-5-17(25-12)20(21,22)23)30(27,28)18-15-7-14(24-3)6-13(15)8-26(18)9-19(2)10-29-11-19/h4-5,13-15,18,24H,6-11H2,1-3H3/t13-,14+,15+,18+/m1/s1. The van der Waals surface area contributed by atoms with Gasteiger partial charge in [0.05, 0.1) is 23.8 Å². The van der Waals surface area contributed by atoms with Crippen molar-refractivity contribution in [1.29, 1.82) is 0 Å². The number of likely N-dealkylation sites (tertiary alicyclic amines) is 1. The van der Waals surface area contributed by atoms with Crippen LogP contribution in [0, 0.1) is 24.2 Å². The second kappa shape index (κ2) is 7.43. The zero-order chi connectivity index (χ0) is 21.9. The Bertz CT molecular complexity index is 918. The Morgan fingerprint density at radius 2 is 2.00 bits per heavy atom. The minimum atomic E-state index is -4.61. The summed E-state index contributed by atoms with van der Waals surface area (Å²) in [6.45, 7) is 5.87. The van der Waals surface area contributed by atoms with E-state index in [4.69, 9.17) is 4.74 Å². The summed E-state index contributed by atoms with van der Waals surface area (Å²) in [5.41, 5.74) is -1.27. The van der Waals surface area contributed by atoms with Gasteiger partial charge in [-0.05, 0) is 50.8 Å². The lowest BCUT2D eigenvalue weighted by Crippen LogP contribution is -2.52. The van der Waals surface area contributed by atoms with Crippen molar-refractivity contribution in [2.75, 3.05) is 33.4 Å².